The van der Waals surface area contributed by atoms with Gasteiger partial charge in [-0.05, 0) is 30.5 Å². The van der Waals surface area contributed by atoms with Gasteiger partial charge in [0.1, 0.15) is 0 Å². The summed E-state index contributed by atoms with van der Waals surface area (Å²) in [6.45, 7) is 6.27. The number of para-hydroxylation sites is 1. The molecule has 2 amide bonds. The van der Waals surface area contributed by atoms with Gasteiger partial charge >= 0.3 is 0 Å². The highest BCUT2D eigenvalue weighted by Gasteiger charge is 2.42. The van der Waals surface area contributed by atoms with E-state index >= 15 is 0 Å². The van der Waals surface area contributed by atoms with E-state index < -0.39 is 0 Å². The molecule has 2 N–H and O–H groups in total. The molecule has 0 radical (unpaired) electrons. The molecule has 28 heavy (non-hydrogen) atoms. The van der Waals surface area contributed by atoms with E-state index in [1.807, 2.05) is 38.1 Å². The zero-order chi connectivity index (χ0) is 20.1. The summed E-state index contributed by atoms with van der Waals surface area (Å²) in [7, 11) is 1.65. The van der Waals surface area contributed by atoms with Crippen LogP contribution in [0.15, 0.2) is 48.5 Å². The van der Waals surface area contributed by atoms with Gasteiger partial charge in [-0.3, -0.25) is 9.59 Å². The van der Waals surface area contributed by atoms with Crippen molar-refractivity contribution < 1.29 is 14.1 Å². The lowest BCUT2D eigenvalue weighted by Gasteiger charge is -2.33. The average Bonchev–Trinajstić information content (AvgIpc) is 3.09. The summed E-state index contributed by atoms with van der Waals surface area (Å²) in [5.41, 5.74) is 4.27. The highest BCUT2D eigenvalue weighted by atomic mass is 16.2. The van der Waals surface area contributed by atoms with Crippen molar-refractivity contribution in [2.75, 3.05) is 38.5 Å². The van der Waals surface area contributed by atoms with Gasteiger partial charge in [0.2, 0.25) is 0 Å². The Hall–Kier alpha value is -2.66. The lowest BCUT2D eigenvalue weighted by molar-refractivity contribution is -0.901. The van der Waals surface area contributed by atoms with Crippen molar-refractivity contribution in [2.45, 2.75) is 26.2 Å². The minimum Gasteiger partial charge on any atom is -0.354 e. The van der Waals surface area contributed by atoms with Crippen LogP contribution >= 0.6 is 0 Å². The van der Waals surface area contributed by atoms with Crippen molar-refractivity contribution in [3.63, 3.8) is 0 Å². The number of carbonyl (C=O) groups is 2. The number of likely N-dealkylation sites (tertiary alicyclic amines) is 1. The van der Waals surface area contributed by atoms with Crippen molar-refractivity contribution in [2.24, 2.45) is 0 Å². The third-order valence-corrected chi connectivity index (χ3v) is 5.81. The van der Waals surface area contributed by atoms with Crippen molar-refractivity contribution >= 4 is 17.5 Å². The van der Waals surface area contributed by atoms with Gasteiger partial charge in [0.15, 0.2) is 13.1 Å². The summed E-state index contributed by atoms with van der Waals surface area (Å²) in [5.74, 6) is 0.322. The molecule has 0 aliphatic carbocycles. The average molecular weight is 381 g/mol. The van der Waals surface area contributed by atoms with E-state index in [1.54, 1.807) is 7.05 Å². The molecule has 2 aromatic rings. The van der Waals surface area contributed by atoms with E-state index in [-0.39, 0.29) is 11.8 Å². The molecule has 0 bridgehead atoms. The Balaban J connectivity index is 1.77. The molecule has 0 saturated carbocycles. The number of anilines is 1. The van der Waals surface area contributed by atoms with E-state index in [1.165, 1.54) is 5.56 Å². The summed E-state index contributed by atoms with van der Waals surface area (Å²) in [5, 5.41) is 5.82. The summed E-state index contributed by atoms with van der Waals surface area (Å²) in [6.07, 6.45) is 0.984. The van der Waals surface area contributed by atoms with Crippen molar-refractivity contribution in [3.8, 4) is 0 Å². The molecule has 2 unspecified atom stereocenters. The fraction of sp³-hybridized carbons (Fsp3) is 0.391. The van der Waals surface area contributed by atoms with Crippen LogP contribution in [-0.2, 0) is 9.59 Å². The Labute approximate surface area is 167 Å². The highest BCUT2D eigenvalue weighted by Crippen LogP contribution is 2.32. The fourth-order valence-corrected chi connectivity index (χ4v) is 4.30. The van der Waals surface area contributed by atoms with Gasteiger partial charge in [-0.2, -0.15) is 0 Å². The Bertz CT molecular complexity index is 830. The lowest BCUT2D eigenvalue weighted by atomic mass is 9.99. The molecule has 3 rings (SSSR count). The number of nitrogens with one attached hydrogen (secondary N) is 2. The van der Waals surface area contributed by atoms with Gasteiger partial charge in [-0.1, -0.05) is 48.5 Å². The number of carbonyl (C=O) groups excluding carboxylic acids is 2. The van der Waals surface area contributed by atoms with Crippen LogP contribution in [-0.4, -0.2) is 49.5 Å². The van der Waals surface area contributed by atoms with Crippen LogP contribution < -0.4 is 10.6 Å². The number of likely N-dealkylation sites (N-methyl/N-ethyl adjacent to an activating group) is 1. The molecule has 1 fully saturated rings. The molecule has 1 heterocycles. The van der Waals surface area contributed by atoms with Crippen LogP contribution in [0, 0.1) is 13.8 Å². The predicted molar refractivity (Wildman–Crippen MR) is 112 cm³/mol. The standard InChI is InChI=1S/C23H29N3O2/c1-17-8-7-9-18(2)23(17)25-22(28)16-26(15-21(27)24-3)13-12-20(14-26)19-10-5-4-6-11-19/h4-11,20H,12-16H2,1-3H3,(H-,24,25,27,28)/p+1. The van der Waals surface area contributed by atoms with Crippen molar-refractivity contribution in [1.82, 2.24) is 5.32 Å². The molecule has 1 aliphatic heterocycles. The molecule has 1 aliphatic rings. The molecule has 148 valence electrons. The number of quaternary nitrogens is 1. The topological polar surface area (TPSA) is 58.2 Å². The summed E-state index contributed by atoms with van der Waals surface area (Å²) >= 11 is 0. The molecule has 2 atom stereocenters. The zero-order valence-corrected chi connectivity index (χ0v) is 17.0. The second-order valence-corrected chi connectivity index (χ2v) is 7.95. The second kappa shape index (κ2) is 8.57. The second-order valence-electron chi connectivity index (χ2n) is 7.95. The third kappa shape index (κ3) is 4.60. The van der Waals surface area contributed by atoms with Crippen LogP contribution in [0.4, 0.5) is 5.69 Å². The fourth-order valence-electron chi connectivity index (χ4n) is 4.30. The Morgan fingerprint density at radius 2 is 1.61 bits per heavy atom. The van der Waals surface area contributed by atoms with Crippen molar-refractivity contribution in [1.29, 1.82) is 0 Å². The van der Waals surface area contributed by atoms with E-state index in [0.717, 1.165) is 36.3 Å². The number of rotatable bonds is 6. The molecule has 5 nitrogen and oxygen atoms in total. The molecule has 0 aromatic heterocycles. The third-order valence-electron chi connectivity index (χ3n) is 5.81. The number of hydrogen-bond acceptors (Lipinski definition) is 2. The zero-order valence-electron chi connectivity index (χ0n) is 17.0. The molecule has 5 heteroatoms. The maximum atomic E-state index is 12.9. The normalized spacial score (nSPS) is 21.3. The minimum atomic E-state index is -0.0324. The lowest BCUT2D eigenvalue weighted by Crippen LogP contribution is -2.55. The summed E-state index contributed by atoms with van der Waals surface area (Å²) in [6, 6.07) is 16.4. The van der Waals surface area contributed by atoms with Gasteiger partial charge in [0, 0.05) is 25.1 Å². The number of nitrogens with zero attached hydrogens (tertiary/aromatic N) is 1. The maximum Gasteiger partial charge on any atom is 0.279 e. The number of hydrogen-bond donors (Lipinski definition) is 2. The smallest absolute Gasteiger partial charge is 0.279 e. The van der Waals surface area contributed by atoms with Crippen LogP contribution in [0.25, 0.3) is 0 Å². The van der Waals surface area contributed by atoms with Crippen LogP contribution in [0.5, 0.6) is 0 Å². The molecular formula is C23H30N3O2+. The van der Waals surface area contributed by atoms with E-state index in [0.29, 0.717) is 23.5 Å². The van der Waals surface area contributed by atoms with E-state index in [2.05, 4.69) is 34.9 Å². The number of amides is 2. The first kappa shape index (κ1) is 20.1. The first-order chi connectivity index (χ1) is 13.4. The number of aryl methyl sites for hydroxylation is 2. The first-order valence-electron chi connectivity index (χ1n) is 9.89. The SMILES string of the molecule is CNC(=O)C[N+]1(CC(=O)Nc2c(C)cccc2C)CCC(c2ccccc2)C1. The van der Waals surface area contributed by atoms with E-state index in [4.69, 9.17) is 0 Å². The van der Waals surface area contributed by atoms with Gasteiger partial charge < -0.3 is 15.1 Å². The Morgan fingerprint density at radius 3 is 2.25 bits per heavy atom. The van der Waals surface area contributed by atoms with Gasteiger partial charge in [0.05, 0.1) is 13.1 Å². The molecule has 2 aromatic carbocycles. The van der Waals surface area contributed by atoms with Gasteiger partial charge in [0.25, 0.3) is 11.8 Å². The Morgan fingerprint density at radius 1 is 0.964 bits per heavy atom. The van der Waals surface area contributed by atoms with Gasteiger partial charge in [-0.15, -0.1) is 0 Å². The van der Waals surface area contributed by atoms with Gasteiger partial charge in [-0.25, -0.2) is 0 Å². The van der Waals surface area contributed by atoms with Crippen LogP contribution in [0.2, 0.25) is 0 Å². The predicted octanol–water partition coefficient (Wildman–Crippen LogP) is 2.99. The molecular weight excluding hydrogens is 350 g/mol. The monoisotopic (exact) mass is 380 g/mol. The summed E-state index contributed by atoms with van der Waals surface area (Å²) < 4.78 is 0.496. The minimum absolute atomic E-state index is 0.0198. The van der Waals surface area contributed by atoms with Crippen molar-refractivity contribution in [3.05, 3.63) is 65.2 Å². The highest BCUT2D eigenvalue weighted by molar-refractivity contribution is 5.93. The number of benzene rings is 2. The molecule has 1 saturated heterocycles. The van der Waals surface area contributed by atoms with Crippen LogP contribution in [0.1, 0.15) is 29.0 Å². The van der Waals surface area contributed by atoms with E-state index in [9.17, 15) is 9.59 Å². The summed E-state index contributed by atoms with van der Waals surface area (Å²) in [4.78, 5) is 25.1. The maximum absolute atomic E-state index is 12.9. The molecule has 0 spiro atoms. The van der Waals surface area contributed by atoms with Crippen LogP contribution in [0.3, 0.4) is 0 Å². The first-order valence-corrected chi connectivity index (χ1v) is 9.89. The largest absolute Gasteiger partial charge is 0.354 e. The quantitative estimate of drug-likeness (QED) is 0.757. The Kier molecular flexibility index (Phi) is 6.15.